The van der Waals surface area contributed by atoms with Gasteiger partial charge in [0.1, 0.15) is 12.2 Å². The van der Waals surface area contributed by atoms with Gasteiger partial charge in [0, 0.05) is 6.20 Å². The molecule has 2 rings (SSSR count). The van der Waals surface area contributed by atoms with Gasteiger partial charge in [0.05, 0.1) is 11.9 Å². The molecule has 2 aromatic heterocycles. The summed E-state index contributed by atoms with van der Waals surface area (Å²) in [5.41, 5.74) is -1.24. The minimum absolute atomic E-state index is 0.117. The fourth-order valence-corrected chi connectivity index (χ4v) is 1.41. The normalized spacial score (nSPS) is 11.2. The maximum atomic E-state index is 13.3. The number of anilines is 2. The van der Waals surface area contributed by atoms with Gasteiger partial charge in [-0.2, -0.15) is 27.6 Å². The molecule has 0 aromatic carbocycles. The highest BCUT2D eigenvalue weighted by Gasteiger charge is 2.21. The van der Waals surface area contributed by atoms with Crippen molar-refractivity contribution >= 4 is 11.4 Å². The minimum atomic E-state index is -2.67. The van der Waals surface area contributed by atoms with Crippen molar-refractivity contribution in [1.29, 1.82) is 0 Å². The number of halogens is 6. The van der Waals surface area contributed by atoms with E-state index in [0.717, 1.165) is 17.1 Å². The van der Waals surface area contributed by atoms with E-state index < -0.39 is 42.2 Å². The second-order valence-corrected chi connectivity index (χ2v) is 3.66. The van der Waals surface area contributed by atoms with Gasteiger partial charge in [-0.25, -0.2) is 8.78 Å². The van der Waals surface area contributed by atoms with Crippen LogP contribution in [0.15, 0.2) is 12.4 Å². The smallest absolute Gasteiger partial charge is 0.257 e. The lowest BCUT2D eigenvalue weighted by Gasteiger charge is -2.07. The van der Waals surface area contributed by atoms with E-state index in [1.54, 1.807) is 0 Å². The zero-order valence-corrected chi connectivity index (χ0v) is 9.55. The van der Waals surface area contributed by atoms with Gasteiger partial charge in [-0.3, -0.25) is 4.68 Å². The van der Waals surface area contributed by atoms with E-state index in [9.17, 15) is 26.3 Å². The monoisotopic (exact) mass is 296 g/mol. The molecule has 4 nitrogen and oxygen atoms in total. The molecule has 0 fully saturated rings. The topological polar surface area (TPSA) is 42.7 Å². The summed E-state index contributed by atoms with van der Waals surface area (Å²) in [5, 5.41) is 5.50. The fraction of sp³-hybridized carbons (Fsp3) is 0.200. The van der Waals surface area contributed by atoms with Gasteiger partial charge in [0.2, 0.25) is 11.6 Å². The van der Waals surface area contributed by atoms with Crippen LogP contribution in [0.5, 0.6) is 0 Å². The molecule has 0 aliphatic heterocycles. The van der Waals surface area contributed by atoms with Crippen molar-refractivity contribution in [3.05, 3.63) is 35.9 Å². The summed E-state index contributed by atoms with van der Waals surface area (Å²) in [6.07, 6.45) is -0.703. The second kappa shape index (κ2) is 5.39. The molecule has 0 atom stereocenters. The van der Waals surface area contributed by atoms with Crippen molar-refractivity contribution in [2.75, 3.05) is 5.32 Å². The highest BCUT2D eigenvalue weighted by molar-refractivity contribution is 5.59. The van der Waals surface area contributed by atoms with Gasteiger partial charge in [-0.05, 0) is 0 Å². The highest BCUT2D eigenvalue weighted by atomic mass is 19.3. The molecular formula is C10H6F6N4. The fourth-order valence-electron chi connectivity index (χ4n) is 1.41. The first-order valence-electron chi connectivity index (χ1n) is 5.16. The first-order chi connectivity index (χ1) is 9.38. The van der Waals surface area contributed by atoms with Crippen molar-refractivity contribution in [2.24, 2.45) is 0 Å². The molecule has 20 heavy (non-hydrogen) atoms. The maximum absolute atomic E-state index is 13.3. The molecule has 0 unspecified atom stereocenters. The van der Waals surface area contributed by atoms with Crippen molar-refractivity contribution in [1.82, 2.24) is 14.8 Å². The molecule has 0 radical (unpaired) electrons. The number of aromatic nitrogens is 3. The molecule has 0 spiro atoms. The van der Waals surface area contributed by atoms with Gasteiger partial charge in [-0.15, -0.1) is 0 Å². The van der Waals surface area contributed by atoms with Crippen LogP contribution in [-0.4, -0.2) is 21.2 Å². The summed E-state index contributed by atoms with van der Waals surface area (Å²) in [6, 6.07) is 0. The van der Waals surface area contributed by atoms with E-state index in [1.165, 1.54) is 0 Å². The van der Waals surface area contributed by atoms with Crippen LogP contribution < -0.4 is 5.32 Å². The van der Waals surface area contributed by atoms with Crippen LogP contribution in [0.1, 0.15) is 0 Å². The predicted octanol–water partition coefficient (Wildman–Crippen LogP) is 2.84. The lowest BCUT2D eigenvalue weighted by atomic mass is 10.3. The highest BCUT2D eigenvalue weighted by Crippen LogP contribution is 2.25. The Bertz CT molecular complexity index is 600. The third kappa shape index (κ3) is 2.83. The number of nitrogens with zero attached hydrogens (tertiary/aromatic N) is 3. The molecule has 2 heterocycles. The summed E-state index contributed by atoms with van der Waals surface area (Å²) in [6.45, 7) is -0.730. The Balaban J connectivity index is 2.28. The molecule has 10 heteroatoms. The van der Waals surface area contributed by atoms with E-state index in [4.69, 9.17) is 0 Å². The Kier molecular flexibility index (Phi) is 3.81. The molecule has 0 bridgehead atoms. The number of hydrogen-bond donors (Lipinski definition) is 1. The molecule has 2 aromatic rings. The van der Waals surface area contributed by atoms with E-state index >= 15 is 0 Å². The van der Waals surface area contributed by atoms with Crippen LogP contribution in [0.4, 0.5) is 37.7 Å². The Morgan fingerprint density at radius 2 is 1.70 bits per heavy atom. The van der Waals surface area contributed by atoms with Gasteiger partial charge < -0.3 is 5.32 Å². The Hall–Kier alpha value is -2.26. The average molecular weight is 296 g/mol. The van der Waals surface area contributed by atoms with Crippen molar-refractivity contribution in [3.63, 3.8) is 0 Å². The quantitative estimate of drug-likeness (QED) is 0.697. The third-order valence-corrected chi connectivity index (χ3v) is 2.23. The number of rotatable bonds is 4. The van der Waals surface area contributed by atoms with Crippen molar-refractivity contribution in [3.8, 4) is 0 Å². The van der Waals surface area contributed by atoms with Crippen molar-refractivity contribution in [2.45, 2.75) is 13.0 Å². The van der Waals surface area contributed by atoms with Crippen LogP contribution in [0.2, 0.25) is 0 Å². The van der Waals surface area contributed by atoms with E-state index in [1.807, 2.05) is 5.32 Å². The zero-order chi connectivity index (χ0) is 14.9. The van der Waals surface area contributed by atoms with Gasteiger partial charge >= 0.3 is 0 Å². The molecule has 0 saturated heterocycles. The predicted molar refractivity (Wildman–Crippen MR) is 55.6 cm³/mol. The minimum Gasteiger partial charge on any atom is -0.348 e. The number of alkyl halides is 2. The van der Waals surface area contributed by atoms with Gasteiger partial charge in [0.25, 0.3) is 18.3 Å². The summed E-state index contributed by atoms with van der Waals surface area (Å²) in [5.74, 6) is -7.12. The second-order valence-electron chi connectivity index (χ2n) is 3.66. The molecule has 0 saturated carbocycles. The van der Waals surface area contributed by atoms with Crippen LogP contribution in [0.25, 0.3) is 0 Å². The number of pyridine rings is 1. The summed E-state index contributed by atoms with van der Waals surface area (Å²) in [7, 11) is 0. The van der Waals surface area contributed by atoms with Crippen molar-refractivity contribution < 1.29 is 26.3 Å². The first-order valence-corrected chi connectivity index (χ1v) is 5.16. The molecule has 0 aliphatic rings. The third-order valence-electron chi connectivity index (χ3n) is 2.23. The lowest BCUT2D eigenvalue weighted by molar-refractivity contribution is 0.122. The Morgan fingerprint density at radius 1 is 1.10 bits per heavy atom. The van der Waals surface area contributed by atoms with Crippen LogP contribution in [-0.2, 0) is 6.54 Å². The summed E-state index contributed by atoms with van der Waals surface area (Å²) in [4.78, 5) is 2.38. The molecular weight excluding hydrogens is 290 g/mol. The molecule has 108 valence electrons. The largest absolute Gasteiger partial charge is 0.348 e. The number of hydrogen-bond acceptors (Lipinski definition) is 3. The molecule has 0 amide bonds. The standard InChI is InChI=1S/C10H6F6N4/c11-5(12)3-20-2-4(1-17-20)18-8-6(13)9(15)19-10(16)7(8)14/h1-2,5H,3H2,(H,18,19). The number of nitrogens with one attached hydrogen (secondary N) is 1. The summed E-state index contributed by atoms with van der Waals surface area (Å²) < 4.78 is 77.2. The average Bonchev–Trinajstić information content (AvgIpc) is 2.79. The first kappa shape index (κ1) is 14.2. The van der Waals surface area contributed by atoms with Crippen LogP contribution in [0.3, 0.4) is 0 Å². The summed E-state index contributed by atoms with van der Waals surface area (Å²) >= 11 is 0. The molecule has 1 N–H and O–H groups in total. The lowest BCUT2D eigenvalue weighted by Crippen LogP contribution is -2.07. The zero-order valence-electron chi connectivity index (χ0n) is 9.55. The SMILES string of the molecule is Fc1nc(F)c(F)c(Nc2cnn(CC(F)F)c2)c1F. The van der Waals surface area contributed by atoms with Gasteiger partial charge in [0.15, 0.2) is 0 Å². The maximum Gasteiger partial charge on any atom is 0.257 e. The van der Waals surface area contributed by atoms with E-state index in [0.29, 0.717) is 0 Å². The van der Waals surface area contributed by atoms with E-state index in [-0.39, 0.29) is 5.69 Å². The Morgan fingerprint density at radius 3 is 2.25 bits per heavy atom. The van der Waals surface area contributed by atoms with Crippen LogP contribution in [0, 0.1) is 23.5 Å². The van der Waals surface area contributed by atoms with E-state index in [2.05, 4.69) is 10.1 Å². The molecule has 0 aliphatic carbocycles. The van der Waals surface area contributed by atoms with Gasteiger partial charge in [-0.1, -0.05) is 0 Å². The Labute approximate surface area is 108 Å². The van der Waals surface area contributed by atoms with Crippen LogP contribution >= 0.6 is 0 Å².